The number of hydrogen-bond donors (Lipinski definition) is 0. The second kappa shape index (κ2) is 5.45. The third-order valence-corrected chi connectivity index (χ3v) is 8.08. The molecule has 0 N–H and O–H groups in total. The maximum Gasteiger partial charge on any atom is 0.186 e. The van der Waals surface area contributed by atoms with E-state index >= 15 is 0 Å². The maximum absolute atomic E-state index is 12.7. The molecule has 2 fully saturated rings. The molecule has 118 valence electrons. The minimum absolute atomic E-state index is 0.0680. The Kier molecular flexibility index (Phi) is 3.88. The summed E-state index contributed by atoms with van der Waals surface area (Å²) < 4.78 is 12.7. The summed E-state index contributed by atoms with van der Waals surface area (Å²) >= 11 is 0. The number of rotatable bonds is 4. The summed E-state index contributed by atoms with van der Waals surface area (Å²) in [6.07, 6.45) is 4.93. The van der Waals surface area contributed by atoms with E-state index in [1.165, 1.54) is 12.5 Å². The van der Waals surface area contributed by atoms with E-state index in [-0.39, 0.29) is 21.9 Å². The van der Waals surface area contributed by atoms with Gasteiger partial charge < -0.3 is 0 Å². The second-order valence-corrected chi connectivity index (χ2v) is 8.96. The first kappa shape index (κ1) is 15.7. The van der Waals surface area contributed by atoms with Gasteiger partial charge in [0, 0.05) is 27.0 Å². The van der Waals surface area contributed by atoms with Crippen molar-refractivity contribution >= 4 is 16.6 Å². The highest BCUT2D eigenvalue weighted by molar-refractivity contribution is 7.88. The van der Waals surface area contributed by atoms with Gasteiger partial charge in [0.05, 0.1) is 0 Å². The first-order valence-electron chi connectivity index (χ1n) is 8.03. The number of ketones is 1. The minimum Gasteiger partial charge on any atom is -0.289 e. The van der Waals surface area contributed by atoms with Gasteiger partial charge in [0.15, 0.2) is 5.78 Å². The van der Waals surface area contributed by atoms with E-state index in [1.54, 1.807) is 17.5 Å². The Morgan fingerprint density at radius 3 is 2.45 bits per heavy atom. The number of benzene rings is 1. The average Bonchev–Trinajstić information content (AvgIpc) is 2.86. The van der Waals surface area contributed by atoms with E-state index in [2.05, 4.69) is 20.8 Å². The topological polar surface area (TPSA) is 34.1 Å². The molecule has 0 unspecified atom stereocenters. The van der Waals surface area contributed by atoms with Crippen LogP contribution in [0.1, 0.15) is 50.4 Å². The van der Waals surface area contributed by atoms with E-state index in [0.717, 1.165) is 12.8 Å². The van der Waals surface area contributed by atoms with E-state index in [1.807, 2.05) is 18.2 Å². The van der Waals surface area contributed by atoms with Crippen molar-refractivity contribution in [1.29, 1.82) is 0 Å². The van der Waals surface area contributed by atoms with Gasteiger partial charge >= 0.3 is 0 Å². The van der Waals surface area contributed by atoms with E-state index in [9.17, 15) is 9.00 Å². The molecule has 0 radical (unpaired) electrons. The normalized spacial score (nSPS) is 34.1. The van der Waals surface area contributed by atoms with Crippen molar-refractivity contribution in [2.75, 3.05) is 0 Å². The van der Waals surface area contributed by atoms with Crippen molar-refractivity contribution in [3.05, 3.63) is 47.4 Å². The van der Waals surface area contributed by atoms with Gasteiger partial charge in [-0.3, -0.25) is 9.00 Å². The Labute approximate surface area is 135 Å². The lowest BCUT2D eigenvalue weighted by Crippen LogP contribution is -2.37. The molecule has 0 heterocycles. The summed E-state index contributed by atoms with van der Waals surface area (Å²) in [5.74, 6) is 0.603. The molecular formula is C19H24O2S. The highest BCUT2D eigenvalue weighted by Gasteiger charge is 2.62. The van der Waals surface area contributed by atoms with Crippen LogP contribution in [0.5, 0.6) is 0 Å². The Hall–Kier alpha value is -1.22. The van der Waals surface area contributed by atoms with Crippen LogP contribution in [0.15, 0.2) is 41.8 Å². The molecule has 1 aromatic carbocycles. The zero-order valence-electron chi connectivity index (χ0n) is 13.5. The molecule has 0 saturated heterocycles. The van der Waals surface area contributed by atoms with Crippen LogP contribution in [-0.4, -0.2) is 15.2 Å². The Balaban J connectivity index is 1.74. The molecule has 3 heteroatoms. The fourth-order valence-electron chi connectivity index (χ4n) is 4.40. The largest absolute Gasteiger partial charge is 0.289 e. The average molecular weight is 316 g/mol. The first-order valence-corrected chi connectivity index (χ1v) is 9.31. The van der Waals surface area contributed by atoms with Gasteiger partial charge in [-0.25, -0.2) is 0 Å². The summed E-state index contributed by atoms with van der Waals surface area (Å²) in [5.41, 5.74) is 1.03. The van der Waals surface area contributed by atoms with Gasteiger partial charge in [0.1, 0.15) is 0 Å². The number of carbonyl (C=O) groups is 1. The molecule has 0 aliphatic heterocycles. The quantitative estimate of drug-likeness (QED) is 0.611. The molecule has 0 spiro atoms. The fourth-order valence-corrected chi connectivity index (χ4v) is 6.21. The van der Waals surface area contributed by atoms with Gasteiger partial charge in [0.25, 0.3) is 0 Å². The molecule has 2 nitrogen and oxygen atoms in total. The summed E-state index contributed by atoms with van der Waals surface area (Å²) in [5, 5.41) is 1.81. The van der Waals surface area contributed by atoms with E-state index in [0.29, 0.717) is 11.5 Å². The summed E-state index contributed by atoms with van der Waals surface area (Å²) in [4.78, 5) is 12.1. The number of allylic oxidation sites excluding steroid dienone is 1. The van der Waals surface area contributed by atoms with E-state index < -0.39 is 10.8 Å². The lowest BCUT2D eigenvalue weighted by molar-refractivity contribution is 0.104. The van der Waals surface area contributed by atoms with Crippen LogP contribution in [0.2, 0.25) is 0 Å². The zero-order chi connectivity index (χ0) is 16.0. The van der Waals surface area contributed by atoms with Crippen LogP contribution < -0.4 is 0 Å². The van der Waals surface area contributed by atoms with Gasteiger partial charge in [-0.1, -0.05) is 51.1 Å². The summed E-state index contributed by atoms with van der Waals surface area (Å²) in [6, 6.07) is 9.15. The first-order chi connectivity index (χ1) is 10.4. The van der Waals surface area contributed by atoms with Gasteiger partial charge in [0.2, 0.25) is 0 Å². The highest BCUT2D eigenvalue weighted by atomic mass is 32.2. The zero-order valence-corrected chi connectivity index (χ0v) is 14.4. The molecule has 2 bridgehead atoms. The molecular weight excluding hydrogens is 292 g/mol. The van der Waals surface area contributed by atoms with Crippen molar-refractivity contribution in [2.45, 2.75) is 45.3 Å². The molecule has 0 amide bonds. The molecule has 3 rings (SSSR count). The van der Waals surface area contributed by atoms with Crippen LogP contribution in [0.3, 0.4) is 0 Å². The maximum atomic E-state index is 12.7. The van der Waals surface area contributed by atoms with Gasteiger partial charge in [-0.05, 0) is 42.1 Å². The smallest absolute Gasteiger partial charge is 0.186 e. The predicted molar refractivity (Wildman–Crippen MR) is 91.1 cm³/mol. The monoisotopic (exact) mass is 316 g/mol. The number of carbonyl (C=O) groups excluding carboxylic acids is 1. The third kappa shape index (κ3) is 2.30. The molecule has 22 heavy (non-hydrogen) atoms. The highest BCUT2D eigenvalue weighted by Crippen LogP contribution is 2.66. The Bertz CT molecular complexity index is 632. The lowest BCUT2D eigenvalue weighted by Gasteiger charge is -2.38. The van der Waals surface area contributed by atoms with Crippen molar-refractivity contribution in [3.63, 3.8) is 0 Å². The summed E-state index contributed by atoms with van der Waals surface area (Å²) in [6.45, 7) is 6.93. The molecule has 0 aromatic heterocycles. The fraction of sp³-hybridized carbons (Fsp3) is 0.526. The SMILES string of the molecule is CC1(C)[C@H]2CC[C@]1(C)[C@@H]([S@@](=O)/C=C/C(=O)c1ccccc1)C2. The molecule has 4 atom stereocenters. The second-order valence-electron chi connectivity index (χ2n) is 7.46. The Morgan fingerprint density at radius 2 is 1.91 bits per heavy atom. The van der Waals surface area contributed by atoms with Crippen molar-refractivity contribution in [1.82, 2.24) is 0 Å². The molecule has 2 aliphatic rings. The Morgan fingerprint density at radius 1 is 1.23 bits per heavy atom. The summed E-state index contributed by atoms with van der Waals surface area (Å²) in [7, 11) is -1.08. The number of hydrogen-bond acceptors (Lipinski definition) is 2. The van der Waals surface area contributed by atoms with Crippen LogP contribution in [0.25, 0.3) is 0 Å². The molecule has 1 aromatic rings. The van der Waals surface area contributed by atoms with Crippen LogP contribution in [0, 0.1) is 16.7 Å². The molecule has 2 saturated carbocycles. The minimum atomic E-state index is -1.08. The third-order valence-electron chi connectivity index (χ3n) is 6.41. The number of fused-ring (bicyclic) bond motifs is 2. The van der Waals surface area contributed by atoms with Gasteiger partial charge in [-0.2, -0.15) is 0 Å². The standard InChI is InChI=1S/C19H24O2S/c1-18(2)15-9-11-19(18,3)17(13-15)22(21)12-10-16(20)14-7-5-4-6-8-14/h4-8,10,12,15,17H,9,11,13H2,1-3H3/b12-10+/t15-,17-,19+,22-/m0/s1. The van der Waals surface area contributed by atoms with E-state index in [4.69, 9.17) is 0 Å². The van der Waals surface area contributed by atoms with Crippen LogP contribution in [-0.2, 0) is 10.8 Å². The predicted octanol–water partition coefficient (Wildman–Crippen LogP) is 4.35. The lowest BCUT2D eigenvalue weighted by atomic mass is 9.71. The van der Waals surface area contributed by atoms with Crippen molar-refractivity contribution in [3.8, 4) is 0 Å². The van der Waals surface area contributed by atoms with Crippen molar-refractivity contribution in [2.24, 2.45) is 16.7 Å². The molecule has 2 aliphatic carbocycles. The van der Waals surface area contributed by atoms with Crippen LogP contribution in [0.4, 0.5) is 0 Å². The van der Waals surface area contributed by atoms with Crippen molar-refractivity contribution < 1.29 is 9.00 Å². The van der Waals surface area contributed by atoms with Gasteiger partial charge in [-0.15, -0.1) is 0 Å². The van der Waals surface area contributed by atoms with Crippen LogP contribution >= 0.6 is 0 Å².